The van der Waals surface area contributed by atoms with Gasteiger partial charge in [0, 0.05) is 13.1 Å². The Bertz CT molecular complexity index is 466. The summed E-state index contributed by atoms with van der Waals surface area (Å²) in [6.07, 6.45) is 0.142. The molecule has 0 spiro atoms. The lowest BCUT2D eigenvalue weighted by Crippen LogP contribution is -2.34. The average Bonchev–Trinajstić information content (AvgIpc) is 2.41. The van der Waals surface area contributed by atoms with Crippen LogP contribution in [-0.2, 0) is 4.79 Å². The van der Waals surface area contributed by atoms with E-state index in [1.807, 2.05) is 26.0 Å². The molecule has 5 heteroatoms. The molecule has 19 heavy (non-hydrogen) atoms. The summed E-state index contributed by atoms with van der Waals surface area (Å²) in [5.74, 6) is -0.0314. The summed E-state index contributed by atoms with van der Waals surface area (Å²) < 4.78 is 0. The third-order valence-electron chi connectivity index (χ3n) is 2.85. The van der Waals surface area contributed by atoms with Crippen molar-refractivity contribution in [1.82, 2.24) is 4.90 Å². The van der Waals surface area contributed by atoms with Gasteiger partial charge in [0.2, 0.25) is 5.91 Å². The number of nitriles is 1. The fourth-order valence-corrected chi connectivity index (χ4v) is 1.97. The first-order valence-corrected chi connectivity index (χ1v) is 6.68. The highest BCUT2D eigenvalue weighted by Gasteiger charge is 2.17. The van der Waals surface area contributed by atoms with Gasteiger partial charge in [-0.3, -0.25) is 4.79 Å². The van der Waals surface area contributed by atoms with Crippen molar-refractivity contribution in [2.45, 2.75) is 26.3 Å². The third kappa shape index (κ3) is 4.46. The Morgan fingerprint density at radius 3 is 2.58 bits per heavy atom. The summed E-state index contributed by atoms with van der Waals surface area (Å²) in [4.78, 5) is 13.7. The van der Waals surface area contributed by atoms with Gasteiger partial charge in [0.05, 0.1) is 23.2 Å². The second-order valence-electron chi connectivity index (χ2n) is 4.08. The van der Waals surface area contributed by atoms with E-state index in [1.165, 1.54) is 0 Å². The Balaban J connectivity index is 2.68. The van der Waals surface area contributed by atoms with Crippen molar-refractivity contribution in [2.75, 3.05) is 18.4 Å². The number of para-hydroxylation sites is 1. The molecule has 1 amide bonds. The Morgan fingerprint density at radius 2 is 2.05 bits per heavy atom. The van der Waals surface area contributed by atoms with Gasteiger partial charge in [-0.05, 0) is 26.0 Å². The predicted octanol–water partition coefficient (Wildman–Crippen LogP) is 2.90. The second kappa shape index (κ2) is 7.65. The number of benzene rings is 1. The van der Waals surface area contributed by atoms with Crippen molar-refractivity contribution in [2.24, 2.45) is 0 Å². The van der Waals surface area contributed by atoms with E-state index in [0.29, 0.717) is 23.8 Å². The maximum absolute atomic E-state index is 12.0. The lowest BCUT2D eigenvalue weighted by molar-refractivity contribution is -0.130. The molecule has 0 aliphatic rings. The van der Waals surface area contributed by atoms with Crippen molar-refractivity contribution < 1.29 is 4.79 Å². The number of hydrogen-bond acceptors (Lipinski definition) is 3. The first-order valence-electron chi connectivity index (χ1n) is 6.30. The van der Waals surface area contributed by atoms with Crippen LogP contribution in [0.15, 0.2) is 24.3 Å². The molecule has 1 rings (SSSR count). The molecule has 0 saturated carbocycles. The van der Waals surface area contributed by atoms with Crippen LogP contribution in [0.1, 0.15) is 20.3 Å². The molecule has 0 radical (unpaired) electrons. The molecule has 0 heterocycles. The monoisotopic (exact) mass is 279 g/mol. The highest BCUT2D eigenvalue weighted by atomic mass is 35.5. The molecule has 1 aromatic carbocycles. The first kappa shape index (κ1) is 15.3. The zero-order valence-electron chi connectivity index (χ0n) is 11.2. The van der Waals surface area contributed by atoms with E-state index in [0.717, 1.165) is 0 Å². The van der Waals surface area contributed by atoms with Crippen LogP contribution in [0.2, 0.25) is 5.02 Å². The van der Waals surface area contributed by atoms with Gasteiger partial charge in [-0.15, -0.1) is 0 Å². The van der Waals surface area contributed by atoms with Crippen LogP contribution in [-0.4, -0.2) is 29.9 Å². The summed E-state index contributed by atoms with van der Waals surface area (Å²) in [5, 5.41) is 12.7. The summed E-state index contributed by atoms with van der Waals surface area (Å²) in [6, 6.07) is 8.69. The standard InChI is InChI=1S/C14H18ClN3O/c1-3-18(4-2)14(19)9-11(10-16)17-13-8-6-5-7-12(13)15/h5-8,11,17H,3-4,9H2,1-2H3. The van der Waals surface area contributed by atoms with Gasteiger partial charge in [0.15, 0.2) is 0 Å². The number of halogens is 1. The normalized spacial score (nSPS) is 11.5. The zero-order chi connectivity index (χ0) is 14.3. The van der Waals surface area contributed by atoms with Gasteiger partial charge in [-0.25, -0.2) is 0 Å². The molecule has 1 aromatic rings. The quantitative estimate of drug-likeness (QED) is 0.871. The number of carbonyl (C=O) groups excluding carboxylic acids is 1. The Morgan fingerprint density at radius 1 is 1.42 bits per heavy atom. The maximum atomic E-state index is 12.0. The fourth-order valence-electron chi connectivity index (χ4n) is 1.77. The Labute approximate surface area is 119 Å². The van der Waals surface area contributed by atoms with Crippen LogP contribution in [0.3, 0.4) is 0 Å². The maximum Gasteiger partial charge on any atom is 0.225 e. The largest absolute Gasteiger partial charge is 0.368 e. The van der Waals surface area contributed by atoms with E-state index >= 15 is 0 Å². The van der Waals surface area contributed by atoms with E-state index in [4.69, 9.17) is 16.9 Å². The number of hydrogen-bond donors (Lipinski definition) is 1. The molecule has 1 N–H and O–H groups in total. The third-order valence-corrected chi connectivity index (χ3v) is 3.18. The van der Waals surface area contributed by atoms with E-state index in [9.17, 15) is 4.79 Å². The Kier molecular flexibility index (Phi) is 6.17. The molecule has 0 bridgehead atoms. The molecule has 0 fully saturated rings. The predicted molar refractivity (Wildman–Crippen MR) is 77.0 cm³/mol. The van der Waals surface area contributed by atoms with Crippen LogP contribution >= 0.6 is 11.6 Å². The minimum absolute atomic E-state index is 0.0314. The number of nitrogens with one attached hydrogen (secondary N) is 1. The molecule has 4 nitrogen and oxygen atoms in total. The molecule has 0 aromatic heterocycles. The van der Waals surface area contributed by atoms with Gasteiger partial charge < -0.3 is 10.2 Å². The lowest BCUT2D eigenvalue weighted by Gasteiger charge is -2.21. The minimum Gasteiger partial charge on any atom is -0.368 e. The van der Waals surface area contributed by atoms with Crippen molar-refractivity contribution in [3.63, 3.8) is 0 Å². The van der Waals surface area contributed by atoms with Crippen LogP contribution < -0.4 is 5.32 Å². The van der Waals surface area contributed by atoms with Crippen molar-refractivity contribution in [3.8, 4) is 6.07 Å². The topological polar surface area (TPSA) is 56.1 Å². The number of nitrogens with zero attached hydrogens (tertiary/aromatic N) is 2. The van der Waals surface area contributed by atoms with Crippen LogP contribution in [0, 0.1) is 11.3 Å². The molecular weight excluding hydrogens is 262 g/mol. The minimum atomic E-state index is -0.576. The summed E-state index contributed by atoms with van der Waals surface area (Å²) in [6.45, 7) is 5.15. The van der Waals surface area contributed by atoms with E-state index in [2.05, 4.69) is 11.4 Å². The number of rotatable bonds is 6. The summed E-state index contributed by atoms with van der Waals surface area (Å²) in [7, 11) is 0. The molecule has 0 aliphatic heterocycles. The molecule has 1 atom stereocenters. The second-order valence-corrected chi connectivity index (χ2v) is 4.48. The number of amides is 1. The highest BCUT2D eigenvalue weighted by molar-refractivity contribution is 6.33. The fraction of sp³-hybridized carbons (Fsp3) is 0.429. The van der Waals surface area contributed by atoms with Crippen molar-refractivity contribution in [3.05, 3.63) is 29.3 Å². The van der Waals surface area contributed by atoms with Gasteiger partial charge >= 0.3 is 0 Å². The molecular formula is C14H18ClN3O. The van der Waals surface area contributed by atoms with Crippen molar-refractivity contribution in [1.29, 1.82) is 5.26 Å². The van der Waals surface area contributed by atoms with E-state index < -0.39 is 6.04 Å². The smallest absolute Gasteiger partial charge is 0.225 e. The Hall–Kier alpha value is -1.73. The number of carbonyl (C=O) groups is 1. The molecule has 1 unspecified atom stereocenters. The van der Waals surface area contributed by atoms with Gasteiger partial charge in [0.25, 0.3) is 0 Å². The SMILES string of the molecule is CCN(CC)C(=O)CC(C#N)Nc1ccccc1Cl. The molecule has 0 aliphatic carbocycles. The number of anilines is 1. The first-order chi connectivity index (χ1) is 9.12. The molecule has 0 saturated heterocycles. The van der Waals surface area contributed by atoms with Crippen LogP contribution in [0.4, 0.5) is 5.69 Å². The highest BCUT2D eigenvalue weighted by Crippen LogP contribution is 2.21. The van der Waals surface area contributed by atoms with E-state index in [1.54, 1.807) is 17.0 Å². The van der Waals surface area contributed by atoms with E-state index in [-0.39, 0.29) is 12.3 Å². The summed E-state index contributed by atoms with van der Waals surface area (Å²) in [5.41, 5.74) is 0.670. The van der Waals surface area contributed by atoms with Crippen LogP contribution in [0.5, 0.6) is 0 Å². The van der Waals surface area contributed by atoms with Gasteiger partial charge in [0.1, 0.15) is 6.04 Å². The summed E-state index contributed by atoms with van der Waals surface area (Å²) >= 11 is 6.01. The van der Waals surface area contributed by atoms with Gasteiger partial charge in [-0.2, -0.15) is 5.26 Å². The van der Waals surface area contributed by atoms with Crippen molar-refractivity contribution >= 4 is 23.2 Å². The van der Waals surface area contributed by atoms with Crippen LogP contribution in [0.25, 0.3) is 0 Å². The molecule has 102 valence electrons. The zero-order valence-corrected chi connectivity index (χ0v) is 11.9. The van der Waals surface area contributed by atoms with Gasteiger partial charge in [-0.1, -0.05) is 23.7 Å². The lowest BCUT2D eigenvalue weighted by atomic mass is 10.2. The average molecular weight is 280 g/mol.